The van der Waals surface area contributed by atoms with Gasteiger partial charge in [-0.05, 0) is 55.6 Å². The molecule has 11 amide bonds. The van der Waals surface area contributed by atoms with Crippen molar-refractivity contribution in [3.05, 3.63) is 42.0 Å². The molecule has 4 saturated heterocycles. The number of benzene rings is 1. The van der Waals surface area contributed by atoms with E-state index in [1.807, 2.05) is 36.0 Å². The van der Waals surface area contributed by atoms with Gasteiger partial charge in [-0.3, -0.25) is 48.1 Å². The number of urea groups is 1. The Hall–Kier alpha value is -6.30. The van der Waals surface area contributed by atoms with Crippen molar-refractivity contribution in [2.24, 2.45) is 0 Å². The number of amides is 11. The normalized spacial score (nSPS) is 19.8. The quantitative estimate of drug-likeness (QED) is 0.0255. The van der Waals surface area contributed by atoms with Crippen LogP contribution in [0.25, 0.3) is 0 Å². The van der Waals surface area contributed by atoms with Crippen LogP contribution in [0.1, 0.15) is 56.9 Å². The average Bonchev–Trinajstić information content (AvgIpc) is 4.01. The van der Waals surface area contributed by atoms with Crippen molar-refractivity contribution >= 4 is 94.0 Å². The number of imide groups is 1. The van der Waals surface area contributed by atoms with Crippen molar-refractivity contribution in [3.63, 3.8) is 0 Å². The number of thioether (sulfide) groups is 1. The fourth-order valence-electron chi connectivity index (χ4n) is 8.30. The second kappa shape index (κ2) is 25.2. The topological polar surface area (TPSA) is 271 Å². The third kappa shape index (κ3) is 15.1. The summed E-state index contributed by atoms with van der Waals surface area (Å²) < 4.78 is 0. The van der Waals surface area contributed by atoms with E-state index >= 15 is 0 Å². The maximum Gasteiger partial charge on any atom is 0.315 e. The molecule has 5 heterocycles. The number of nitrogens with one attached hydrogen (secondary N) is 7. The lowest BCUT2D eigenvalue weighted by molar-refractivity contribution is -0.155. The molecule has 5 aliphatic heterocycles. The van der Waals surface area contributed by atoms with Crippen LogP contribution < -0.4 is 37.2 Å². The Morgan fingerprint density at radius 1 is 0.618 bits per heavy atom. The van der Waals surface area contributed by atoms with Gasteiger partial charge in [0.25, 0.3) is 11.8 Å². The van der Waals surface area contributed by atoms with E-state index in [9.17, 15) is 47.9 Å². The van der Waals surface area contributed by atoms with Crippen LogP contribution >= 0.6 is 24.0 Å². The van der Waals surface area contributed by atoms with Crippen LogP contribution in [-0.2, 0) is 49.7 Å². The number of thiocarbonyl (C=S) groups is 1. The predicted molar refractivity (Wildman–Crippen MR) is 253 cm³/mol. The molecule has 3 atom stereocenters. The van der Waals surface area contributed by atoms with E-state index in [1.165, 1.54) is 26.9 Å². The first-order valence-corrected chi connectivity index (χ1v) is 24.5. The summed E-state index contributed by atoms with van der Waals surface area (Å²) >= 11 is 7.26. The molecule has 1 aromatic carbocycles. The molecule has 0 radical (unpaired) electrons. The minimum absolute atomic E-state index is 0.0156. The zero-order chi connectivity index (χ0) is 48.6. The fraction of sp³-hybridized carbons (Fsp3) is 0.568. The summed E-state index contributed by atoms with van der Waals surface area (Å²) in [6.45, 7) is 1.42. The van der Waals surface area contributed by atoms with Gasteiger partial charge in [0.05, 0.1) is 31.7 Å². The first-order valence-electron chi connectivity index (χ1n) is 23.0. The van der Waals surface area contributed by atoms with Gasteiger partial charge in [0, 0.05) is 107 Å². The molecule has 0 aromatic heterocycles. The van der Waals surface area contributed by atoms with Gasteiger partial charge in [-0.2, -0.15) is 11.8 Å². The highest BCUT2D eigenvalue weighted by Gasteiger charge is 2.42. The number of anilines is 1. The van der Waals surface area contributed by atoms with Crippen LogP contribution in [0.2, 0.25) is 0 Å². The van der Waals surface area contributed by atoms with Gasteiger partial charge in [0.1, 0.15) is 0 Å². The van der Waals surface area contributed by atoms with E-state index in [-0.39, 0.29) is 144 Å². The Morgan fingerprint density at radius 3 is 1.78 bits per heavy atom. The van der Waals surface area contributed by atoms with Gasteiger partial charge >= 0.3 is 17.8 Å². The number of carbonyl (C=O) groups is 10. The Morgan fingerprint density at radius 2 is 1.16 bits per heavy atom. The van der Waals surface area contributed by atoms with E-state index < -0.39 is 17.7 Å². The number of unbranched alkanes of at least 4 members (excludes halogenated alkanes) is 3. The Balaban J connectivity index is 0.766. The second-order valence-corrected chi connectivity index (χ2v) is 18.7. The Bertz CT molecular complexity index is 2090. The second-order valence-electron chi connectivity index (χ2n) is 17.0. The van der Waals surface area contributed by atoms with Crippen LogP contribution in [0.3, 0.4) is 0 Å². The first-order chi connectivity index (χ1) is 32.7. The van der Waals surface area contributed by atoms with Crippen molar-refractivity contribution in [2.45, 2.75) is 75.2 Å². The summed E-state index contributed by atoms with van der Waals surface area (Å²) in [4.78, 5) is 130. The van der Waals surface area contributed by atoms with Gasteiger partial charge < -0.3 is 56.8 Å². The maximum absolute atomic E-state index is 13.1. The number of hydrogen-bond acceptors (Lipinski definition) is 12. The molecule has 0 bridgehead atoms. The Labute approximate surface area is 403 Å². The molecule has 1 aromatic rings. The van der Waals surface area contributed by atoms with Gasteiger partial charge in [-0.25, -0.2) is 4.79 Å². The molecular formula is C44H60N12O10S2. The zero-order valence-corrected chi connectivity index (χ0v) is 39.5. The smallest absolute Gasteiger partial charge is 0.315 e. The van der Waals surface area contributed by atoms with Gasteiger partial charge in [-0.15, -0.1) is 0 Å². The average molecular weight is 981 g/mol. The minimum atomic E-state index is -0.690. The summed E-state index contributed by atoms with van der Waals surface area (Å²) in [7, 11) is 0. The number of nitrogens with zero attached hydrogens (tertiary/aromatic N) is 5. The summed E-state index contributed by atoms with van der Waals surface area (Å²) in [5, 5.41) is 20.5. The third-order valence-electron chi connectivity index (χ3n) is 12.3. The standard InChI is InChI=1S/C44H60N12O10S2/c57-33(8-4-3-6-32-40-31(28-68-32)50-43(66)51-40)45-24-29-9-11-30(12-10-29)49-44(67)48-27-39(63)53-18-22-55(23-19-53)42(65)41(64)54-20-16-52(17-21-54)38(62)26-47-35(59)25-46-34(58)7-2-1-5-15-56-36(60)13-14-37(56)61/h9-14,31-32,40H,1-8,15-28H2,(H,45,57)(H,46,58)(H,47,59)(H2,48,49,67)(H2,50,51,66)/t31?,32-,40-/m0/s1. The summed E-state index contributed by atoms with van der Waals surface area (Å²) in [6.07, 6.45) is 7.39. The van der Waals surface area contributed by atoms with Crippen LogP contribution in [0.5, 0.6) is 0 Å². The SMILES string of the molecule is O=C(CCCCCN1C(=O)C=CC1=O)NCC(=O)NCC(=O)N1CCN(C(=O)C(=O)N2CCN(C(=O)CNC(=S)Nc3ccc(CNC(=O)CCCC[C@@H]4SCC5NC(=O)N[C@@H]54)cc3)CC2)CC1. The lowest BCUT2D eigenvalue weighted by Gasteiger charge is -2.37. The molecule has 22 nitrogen and oxygen atoms in total. The minimum Gasteiger partial charge on any atom is -0.353 e. The van der Waals surface area contributed by atoms with E-state index in [0.29, 0.717) is 43.2 Å². The fourth-order valence-corrected chi connectivity index (χ4v) is 10.0. The number of fused-ring (bicyclic) bond motifs is 1. The first kappa shape index (κ1) is 51.1. The molecule has 0 saturated carbocycles. The molecule has 24 heteroatoms. The zero-order valence-electron chi connectivity index (χ0n) is 37.9. The molecule has 0 spiro atoms. The highest BCUT2D eigenvalue weighted by atomic mass is 32.2. The third-order valence-corrected chi connectivity index (χ3v) is 14.0. The molecular weight excluding hydrogens is 921 g/mol. The lowest BCUT2D eigenvalue weighted by atomic mass is 10.0. The van der Waals surface area contributed by atoms with Gasteiger partial charge in [0.2, 0.25) is 29.5 Å². The molecule has 1 unspecified atom stereocenters. The van der Waals surface area contributed by atoms with Crippen molar-refractivity contribution < 1.29 is 47.9 Å². The summed E-state index contributed by atoms with van der Waals surface area (Å²) in [5.74, 6) is -2.64. The summed E-state index contributed by atoms with van der Waals surface area (Å²) in [6, 6.07) is 7.68. The van der Waals surface area contributed by atoms with E-state index in [0.717, 1.165) is 35.5 Å². The van der Waals surface area contributed by atoms with Gasteiger partial charge in [0.15, 0.2) is 5.11 Å². The van der Waals surface area contributed by atoms with Crippen molar-refractivity contribution in [1.29, 1.82) is 0 Å². The highest BCUT2D eigenvalue weighted by molar-refractivity contribution is 8.00. The monoisotopic (exact) mass is 980 g/mol. The van der Waals surface area contributed by atoms with Crippen LogP contribution in [0, 0.1) is 0 Å². The molecule has 6 rings (SSSR count). The van der Waals surface area contributed by atoms with E-state index in [2.05, 4.69) is 37.2 Å². The number of piperazine rings is 2. The number of carbonyl (C=O) groups excluding carboxylic acids is 10. The van der Waals surface area contributed by atoms with E-state index in [4.69, 9.17) is 12.2 Å². The number of hydrogen-bond donors (Lipinski definition) is 7. The van der Waals surface area contributed by atoms with Crippen LogP contribution in [0.15, 0.2) is 36.4 Å². The van der Waals surface area contributed by atoms with E-state index in [1.54, 1.807) is 4.90 Å². The maximum atomic E-state index is 13.1. The molecule has 368 valence electrons. The predicted octanol–water partition coefficient (Wildman–Crippen LogP) is -1.63. The van der Waals surface area contributed by atoms with Gasteiger partial charge in [-0.1, -0.05) is 25.0 Å². The van der Waals surface area contributed by atoms with Crippen molar-refractivity contribution in [3.8, 4) is 0 Å². The molecule has 7 N–H and O–H groups in total. The summed E-state index contributed by atoms with van der Waals surface area (Å²) in [5.41, 5.74) is 1.62. The van der Waals surface area contributed by atoms with Crippen molar-refractivity contribution in [2.75, 3.05) is 89.6 Å². The van der Waals surface area contributed by atoms with Crippen molar-refractivity contribution in [1.82, 2.24) is 56.4 Å². The molecule has 68 heavy (non-hydrogen) atoms. The molecule has 0 aliphatic carbocycles. The largest absolute Gasteiger partial charge is 0.353 e. The van der Waals surface area contributed by atoms with Crippen LogP contribution in [0.4, 0.5) is 10.5 Å². The highest BCUT2D eigenvalue weighted by Crippen LogP contribution is 2.33. The number of rotatable bonds is 20. The molecule has 5 aliphatic rings. The van der Waals surface area contributed by atoms with Crippen LogP contribution in [-0.4, -0.2) is 190 Å². The Kier molecular flexibility index (Phi) is 18.9. The lowest BCUT2D eigenvalue weighted by Crippen LogP contribution is -2.58. The molecule has 4 fully saturated rings.